The molecule has 0 saturated carbocycles. The first kappa shape index (κ1) is 17.7. The Morgan fingerprint density at radius 2 is 1.84 bits per heavy atom. The smallest absolute Gasteiger partial charge is 0.234 e. The lowest BCUT2D eigenvalue weighted by Gasteiger charge is -2.21. The third kappa shape index (κ3) is 5.42. The SMILES string of the molecule is O=C(CSc1nccc(N2CCCCCC2)n1)Nc1ccc(F)cc1. The van der Waals surface area contributed by atoms with Gasteiger partial charge in [-0.3, -0.25) is 4.79 Å². The van der Waals surface area contributed by atoms with Crippen molar-refractivity contribution in [1.29, 1.82) is 0 Å². The van der Waals surface area contributed by atoms with Gasteiger partial charge in [0.1, 0.15) is 11.6 Å². The number of hydrogen-bond acceptors (Lipinski definition) is 5. The molecule has 132 valence electrons. The van der Waals surface area contributed by atoms with Gasteiger partial charge in [0.15, 0.2) is 5.16 Å². The molecule has 2 aromatic rings. The van der Waals surface area contributed by atoms with Crippen molar-refractivity contribution in [2.24, 2.45) is 0 Å². The largest absolute Gasteiger partial charge is 0.356 e. The molecule has 1 N–H and O–H groups in total. The molecule has 0 spiro atoms. The number of nitrogens with zero attached hydrogens (tertiary/aromatic N) is 3. The van der Waals surface area contributed by atoms with E-state index in [0.717, 1.165) is 18.9 Å². The van der Waals surface area contributed by atoms with E-state index in [1.54, 1.807) is 6.20 Å². The Balaban J connectivity index is 1.54. The Hall–Kier alpha value is -2.15. The molecule has 7 heteroatoms. The van der Waals surface area contributed by atoms with Crippen molar-refractivity contribution in [3.05, 3.63) is 42.3 Å². The standard InChI is InChI=1S/C18H21FN4OS/c19-14-5-7-15(8-6-14)21-17(24)13-25-18-20-10-9-16(22-18)23-11-3-1-2-4-12-23/h5-10H,1-4,11-13H2,(H,21,24). The Kier molecular flexibility index (Phi) is 6.22. The number of anilines is 2. The monoisotopic (exact) mass is 360 g/mol. The van der Waals surface area contributed by atoms with Crippen LogP contribution in [0.4, 0.5) is 15.9 Å². The molecule has 0 atom stereocenters. The summed E-state index contributed by atoms with van der Waals surface area (Å²) in [5, 5.41) is 3.33. The summed E-state index contributed by atoms with van der Waals surface area (Å²) in [6.07, 6.45) is 6.66. The van der Waals surface area contributed by atoms with Gasteiger partial charge in [-0.1, -0.05) is 24.6 Å². The number of carbonyl (C=O) groups is 1. The quantitative estimate of drug-likeness (QED) is 0.650. The van der Waals surface area contributed by atoms with E-state index in [9.17, 15) is 9.18 Å². The zero-order valence-corrected chi connectivity index (χ0v) is 14.8. The zero-order chi connectivity index (χ0) is 17.5. The first-order valence-electron chi connectivity index (χ1n) is 8.47. The van der Waals surface area contributed by atoms with Crippen LogP contribution in [0.5, 0.6) is 0 Å². The lowest BCUT2D eigenvalue weighted by Crippen LogP contribution is -2.25. The highest BCUT2D eigenvalue weighted by Gasteiger charge is 2.12. The van der Waals surface area contributed by atoms with E-state index in [0.29, 0.717) is 10.8 Å². The Bertz CT molecular complexity index is 702. The molecule has 1 aliphatic rings. The van der Waals surface area contributed by atoms with Crippen molar-refractivity contribution < 1.29 is 9.18 Å². The molecule has 1 aromatic carbocycles. The van der Waals surface area contributed by atoms with Gasteiger partial charge in [0.05, 0.1) is 5.75 Å². The topological polar surface area (TPSA) is 58.1 Å². The van der Waals surface area contributed by atoms with Gasteiger partial charge in [0.2, 0.25) is 5.91 Å². The van der Waals surface area contributed by atoms with Gasteiger partial charge in [-0.15, -0.1) is 0 Å². The number of halogens is 1. The minimum atomic E-state index is -0.328. The maximum atomic E-state index is 12.9. The normalized spacial score (nSPS) is 14.8. The first-order chi connectivity index (χ1) is 12.2. The van der Waals surface area contributed by atoms with Crippen LogP contribution >= 0.6 is 11.8 Å². The van der Waals surface area contributed by atoms with E-state index in [4.69, 9.17) is 0 Å². The van der Waals surface area contributed by atoms with Crippen LogP contribution in [0.25, 0.3) is 0 Å². The number of amides is 1. The van der Waals surface area contributed by atoms with E-state index in [-0.39, 0.29) is 17.5 Å². The number of nitrogens with one attached hydrogen (secondary N) is 1. The highest BCUT2D eigenvalue weighted by atomic mass is 32.2. The fourth-order valence-electron chi connectivity index (χ4n) is 2.74. The average Bonchev–Trinajstić information content (AvgIpc) is 2.92. The van der Waals surface area contributed by atoms with Crippen LogP contribution in [0.3, 0.4) is 0 Å². The van der Waals surface area contributed by atoms with Gasteiger partial charge >= 0.3 is 0 Å². The van der Waals surface area contributed by atoms with Crippen molar-refractivity contribution in [2.75, 3.05) is 29.1 Å². The van der Waals surface area contributed by atoms with Crippen molar-refractivity contribution in [1.82, 2.24) is 9.97 Å². The van der Waals surface area contributed by atoms with Gasteiger partial charge in [0.25, 0.3) is 0 Å². The second kappa shape index (κ2) is 8.80. The minimum Gasteiger partial charge on any atom is -0.356 e. The van der Waals surface area contributed by atoms with Gasteiger partial charge in [-0.2, -0.15) is 0 Å². The molecule has 5 nitrogen and oxygen atoms in total. The fourth-order valence-corrected chi connectivity index (χ4v) is 3.36. The summed E-state index contributed by atoms with van der Waals surface area (Å²) in [6.45, 7) is 2.04. The number of rotatable bonds is 5. The van der Waals surface area contributed by atoms with Crippen molar-refractivity contribution in [2.45, 2.75) is 30.8 Å². The van der Waals surface area contributed by atoms with E-state index in [1.165, 1.54) is 61.7 Å². The van der Waals surface area contributed by atoms with Gasteiger partial charge in [-0.25, -0.2) is 14.4 Å². The maximum Gasteiger partial charge on any atom is 0.234 e. The van der Waals surface area contributed by atoms with E-state index in [1.807, 2.05) is 6.07 Å². The van der Waals surface area contributed by atoms with Crippen LogP contribution in [0.2, 0.25) is 0 Å². The first-order valence-corrected chi connectivity index (χ1v) is 9.45. The molecule has 0 bridgehead atoms. The molecule has 25 heavy (non-hydrogen) atoms. The summed E-state index contributed by atoms with van der Waals surface area (Å²) < 4.78 is 12.9. The maximum absolute atomic E-state index is 12.9. The third-order valence-electron chi connectivity index (χ3n) is 4.01. The van der Waals surface area contributed by atoms with Crippen molar-refractivity contribution >= 4 is 29.2 Å². The Morgan fingerprint density at radius 1 is 1.12 bits per heavy atom. The van der Waals surface area contributed by atoms with Crippen LogP contribution in [-0.2, 0) is 4.79 Å². The lowest BCUT2D eigenvalue weighted by molar-refractivity contribution is -0.113. The second-order valence-corrected chi connectivity index (χ2v) is 6.88. The zero-order valence-electron chi connectivity index (χ0n) is 13.9. The molecule has 2 heterocycles. The van der Waals surface area contributed by atoms with E-state index >= 15 is 0 Å². The summed E-state index contributed by atoms with van der Waals surface area (Å²) >= 11 is 1.30. The Labute approximate surface area is 151 Å². The predicted octanol–water partition coefficient (Wildman–Crippen LogP) is 3.73. The van der Waals surface area contributed by atoms with Crippen LogP contribution < -0.4 is 10.2 Å². The number of benzene rings is 1. The molecule has 0 unspecified atom stereocenters. The number of carbonyl (C=O) groups excluding carboxylic acids is 1. The average molecular weight is 360 g/mol. The third-order valence-corrected chi connectivity index (χ3v) is 4.87. The molecule has 1 aliphatic heterocycles. The fraction of sp³-hybridized carbons (Fsp3) is 0.389. The number of thioether (sulfide) groups is 1. The summed E-state index contributed by atoms with van der Waals surface area (Å²) in [5.74, 6) is 0.644. The molecule has 1 amide bonds. The van der Waals surface area contributed by atoms with Gasteiger partial charge in [0, 0.05) is 25.0 Å². The lowest BCUT2D eigenvalue weighted by atomic mass is 10.2. The van der Waals surface area contributed by atoms with Gasteiger partial charge in [-0.05, 0) is 43.2 Å². The summed E-state index contributed by atoms with van der Waals surface area (Å²) in [7, 11) is 0. The van der Waals surface area contributed by atoms with Crippen LogP contribution in [0.15, 0.2) is 41.7 Å². The van der Waals surface area contributed by atoms with Crippen molar-refractivity contribution in [3.8, 4) is 0 Å². The second-order valence-electron chi connectivity index (χ2n) is 5.94. The molecular weight excluding hydrogens is 339 g/mol. The molecule has 1 fully saturated rings. The number of hydrogen-bond donors (Lipinski definition) is 1. The van der Waals surface area contributed by atoms with Crippen LogP contribution in [0.1, 0.15) is 25.7 Å². The minimum absolute atomic E-state index is 0.166. The molecular formula is C18H21FN4OS. The van der Waals surface area contributed by atoms with Crippen LogP contribution in [-0.4, -0.2) is 34.7 Å². The van der Waals surface area contributed by atoms with Crippen molar-refractivity contribution in [3.63, 3.8) is 0 Å². The highest BCUT2D eigenvalue weighted by Crippen LogP contribution is 2.20. The van der Waals surface area contributed by atoms with Gasteiger partial charge < -0.3 is 10.2 Å². The van der Waals surface area contributed by atoms with Crippen LogP contribution in [0, 0.1) is 5.82 Å². The number of aromatic nitrogens is 2. The molecule has 0 radical (unpaired) electrons. The molecule has 0 aliphatic carbocycles. The summed E-state index contributed by atoms with van der Waals surface area (Å²) in [4.78, 5) is 23.1. The summed E-state index contributed by atoms with van der Waals surface area (Å²) in [6, 6.07) is 7.63. The van der Waals surface area contributed by atoms with E-state index in [2.05, 4.69) is 20.2 Å². The highest BCUT2D eigenvalue weighted by molar-refractivity contribution is 7.99. The van der Waals surface area contributed by atoms with E-state index < -0.39 is 0 Å². The Morgan fingerprint density at radius 3 is 2.56 bits per heavy atom. The predicted molar refractivity (Wildman–Crippen MR) is 98.5 cm³/mol. The molecule has 1 aromatic heterocycles. The molecule has 1 saturated heterocycles. The summed E-state index contributed by atoms with van der Waals surface area (Å²) in [5.41, 5.74) is 0.575. The molecule has 3 rings (SSSR count).